The molecule has 1 aliphatic rings. The summed E-state index contributed by atoms with van der Waals surface area (Å²) in [4.78, 5) is 0. The number of hydrogen-bond acceptors (Lipinski definition) is 2. The lowest BCUT2D eigenvalue weighted by Crippen LogP contribution is -2.39. The van der Waals surface area contributed by atoms with Gasteiger partial charge < -0.3 is 10.1 Å². The molecule has 0 bridgehead atoms. The third kappa shape index (κ3) is 2.64. The van der Waals surface area contributed by atoms with Gasteiger partial charge in [0.15, 0.2) is 0 Å². The van der Waals surface area contributed by atoms with Gasteiger partial charge in [0.1, 0.15) is 0 Å². The van der Waals surface area contributed by atoms with E-state index in [9.17, 15) is 0 Å². The summed E-state index contributed by atoms with van der Waals surface area (Å²) < 4.78 is 5.56. The van der Waals surface area contributed by atoms with Crippen LogP contribution in [0.1, 0.15) is 20.3 Å². The summed E-state index contributed by atoms with van der Waals surface area (Å²) in [5.41, 5.74) is 1.36. The molecular formula is C9H17NO. The molecule has 0 saturated carbocycles. The largest absolute Gasteiger partial charge is 0.371 e. The molecule has 1 heterocycles. The minimum absolute atomic E-state index is 0.323. The zero-order valence-electron chi connectivity index (χ0n) is 7.39. The quantitative estimate of drug-likeness (QED) is 0.607. The second-order valence-electron chi connectivity index (χ2n) is 2.92. The Labute approximate surface area is 68.6 Å². The summed E-state index contributed by atoms with van der Waals surface area (Å²) in [6, 6.07) is 0. The average molecular weight is 155 g/mol. The fourth-order valence-corrected chi connectivity index (χ4v) is 1.31. The van der Waals surface area contributed by atoms with Crippen LogP contribution in [0.15, 0.2) is 11.6 Å². The maximum absolute atomic E-state index is 5.56. The fourth-order valence-electron chi connectivity index (χ4n) is 1.31. The molecule has 0 radical (unpaired) electrons. The van der Waals surface area contributed by atoms with Crippen molar-refractivity contribution in [3.8, 4) is 0 Å². The average Bonchev–Trinajstić information content (AvgIpc) is 2.07. The summed E-state index contributed by atoms with van der Waals surface area (Å²) >= 11 is 0. The van der Waals surface area contributed by atoms with Gasteiger partial charge in [-0.15, -0.1) is 0 Å². The molecular weight excluding hydrogens is 138 g/mol. The number of rotatable bonds is 2. The van der Waals surface area contributed by atoms with Crippen LogP contribution in [0, 0.1) is 0 Å². The minimum Gasteiger partial charge on any atom is -0.371 e. The minimum atomic E-state index is 0.323. The molecule has 0 amide bonds. The monoisotopic (exact) mass is 155 g/mol. The van der Waals surface area contributed by atoms with Crippen molar-refractivity contribution < 1.29 is 4.74 Å². The summed E-state index contributed by atoms with van der Waals surface area (Å²) in [7, 11) is 0. The molecule has 1 aliphatic heterocycles. The Morgan fingerprint density at radius 2 is 2.55 bits per heavy atom. The van der Waals surface area contributed by atoms with Crippen molar-refractivity contribution >= 4 is 0 Å². The molecule has 1 unspecified atom stereocenters. The van der Waals surface area contributed by atoms with Gasteiger partial charge in [0.05, 0.1) is 12.7 Å². The van der Waals surface area contributed by atoms with E-state index in [2.05, 4.69) is 25.2 Å². The van der Waals surface area contributed by atoms with Crippen LogP contribution in [0.2, 0.25) is 0 Å². The van der Waals surface area contributed by atoms with Crippen molar-refractivity contribution in [3.63, 3.8) is 0 Å². The summed E-state index contributed by atoms with van der Waals surface area (Å²) in [6.07, 6.45) is 3.66. The highest BCUT2D eigenvalue weighted by Gasteiger charge is 2.13. The molecule has 1 rings (SSSR count). The highest BCUT2D eigenvalue weighted by molar-refractivity contribution is 5.06. The third-order valence-electron chi connectivity index (χ3n) is 1.96. The van der Waals surface area contributed by atoms with Gasteiger partial charge in [0, 0.05) is 13.1 Å². The van der Waals surface area contributed by atoms with E-state index in [0.717, 1.165) is 26.1 Å². The Hall–Kier alpha value is -0.340. The fraction of sp³-hybridized carbons (Fsp3) is 0.778. The van der Waals surface area contributed by atoms with Crippen LogP contribution in [0.4, 0.5) is 0 Å². The smallest absolute Gasteiger partial charge is 0.0907 e. The van der Waals surface area contributed by atoms with Crippen molar-refractivity contribution in [1.29, 1.82) is 0 Å². The van der Waals surface area contributed by atoms with E-state index in [0.29, 0.717) is 6.10 Å². The lowest BCUT2D eigenvalue weighted by Gasteiger charge is -2.24. The number of morpholine rings is 1. The van der Waals surface area contributed by atoms with Gasteiger partial charge in [-0.2, -0.15) is 0 Å². The highest BCUT2D eigenvalue weighted by Crippen LogP contribution is 2.08. The van der Waals surface area contributed by atoms with Crippen LogP contribution in [0.3, 0.4) is 0 Å². The number of ether oxygens (including phenoxy) is 1. The molecule has 2 nitrogen and oxygen atoms in total. The molecule has 1 fully saturated rings. The molecule has 2 heteroatoms. The number of hydrogen-bond donors (Lipinski definition) is 1. The van der Waals surface area contributed by atoms with Crippen LogP contribution >= 0.6 is 0 Å². The van der Waals surface area contributed by atoms with E-state index in [1.54, 1.807) is 0 Å². The molecule has 1 N–H and O–H groups in total. The first-order valence-corrected chi connectivity index (χ1v) is 4.33. The molecule has 64 valence electrons. The maximum Gasteiger partial charge on any atom is 0.0907 e. The standard InChI is InChI=1S/C9H17NO/c1-3-4-8(2)9-7-10-5-6-11-9/h4,9-10H,3,5-7H2,1-2H3. The van der Waals surface area contributed by atoms with E-state index in [4.69, 9.17) is 4.74 Å². The van der Waals surface area contributed by atoms with Gasteiger partial charge in [0.25, 0.3) is 0 Å². The zero-order chi connectivity index (χ0) is 8.10. The first-order valence-electron chi connectivity index (χ1n) is 4.33. The summed E-state index contributed by atoms with van der Waals surface area (Å²) in [5.74, 6) is 0. The molecule has 0 aromatic carbocycles. The zero-order valence-corrected chi connectivity index (χ0v) is 7.39. The van der Waals surface area contributed by atoms with Crippen molar-refractivity contribution in [2.24, 2.45) is 0 Å². The normalized spacial score (nSPS) is 27.1. The van der Waals surface area contributed by atoms with E-state index < -0.39 is 0 Å². The molecule has 0 aromatic heterocycles. The highest BCUT2D eigenvalue weighted by atomic mass is 16.5. The second-order valence-corrected chi connectivity index (χ2v) is 2.92. The topological polar surface area (TPSA) is 21.3 Å². The van der Waals surface area contributed by atoms with Gasteiger partial charge in [-0.3, -0.25) is 0 Å². The van der Waals surface area contributed by atoms with Crippen LogP contribution in [-0.2, 0) is 4.74 Å². The van der Waals surface area contributed by atoms with Crippen LogP contribution in [-0.4, -0.2) is 25.8 Å². The molecule has 0 aliphatic carbocycles. The summed E-state index contributed by atoms with van der Waals surface area (Å²) in [6.45, 7) is 7.11. The lowest BCUT2D eigenvalue weighted by atomic mass is 10.1. The Kier molecular flexibility index (Phi) is 3.60. The molecule has 0 aromatic rings. The van der Waals surface area contributed by atoms with Gasteiger partial charge in [-0.05, 0) is 18.9 Å². The van der Waals surface area contributed by atoms with E-state index in [1.165, 1.54) is 5.57 Å². The number of nitrogens with one attached hydrogen (secondary N) is 1. The lowest BCUT2D eigenvalue weighted by molar-refractivity contribution is 0.0517. The Balaban J connectivity index is 2.38. The predicted octanol–water partition coefficient (Wildman–Crippen LogP) is 1.33. The van der Waals surface area contributed by atoms with Crippen LogP contribution < -0.4 is 5.32 Å². The van der Waals surface area contributed by atoms with E-state index in [1.807, 2.05) is 0 Å². The Morgan fingerprint density at radius 3 is 3.09 bits per heavy atom. The van der Waals surface area contributed by atoms with Crippen molar-refractivity contribution in [2.75, 3.05) is 19.7 Å². The van der Waals surface area contributed by atoms with Gasteiger partial charge in [-0.1, -0.05) is 13.0 Å². The summed E-state index contributed by atoms with van der Waals surface area (Å²) in [5, 5.41) is 3.31. The van der Waals surface area contributed by atoms with Gasteiger partial charge in [-0.25, -0.2) is 0 Å². The van der Waals surface area contributed by atoms with Crippen LogP contribution in [0.25, 0.3) is 0 Å². The van der Waals surface area contributed by atoms with Gasteiger partial charge in [0.2, 0.25) is 0 Å². The molecule has 1 saturated heterocycles. The van der Waals surface area contributed by atoms with Crippen molar-refractivity contribution in [1.82, 2.24) is 5.32 Å². The maximum atomic E-state index is 5.56. The first-order chi connectivity index (χ1) is 5.34. The van der Waals surface area contributed by atoms with E-state index >= 15 is 0 Å². The van der Waals surface area contributed by atoms with E-state index in [-0.39, 0.29) is 0 Å². The Bertz CT molecular complexity index is 136. The van der Waals surface area contributed by atoms with Crippen molar-refractivity contribution in [3.05, 3.63) is 11.6 Å². The van der Waals surface area contributed by atoms with Crippen molar-refractivity contribution in [2.45, 2.75) is 26.4 Å². The Morgan fingerprint density at radius 1 is 1.73 bits per heavy atom. The second kappa shape index (κ2) is 4.52. The number of allylic oxidation sites excluding steroid dienone is 1. The molecule has 1 atom stereocenters. The molecule has 11 heavy (non-hydrogen) atoms. The first kappa shape index (κ1) is 8.75. The third-order valence-corrected chi connectivity index (χ3v) is 1.96. The van der Waals surface area contributed by atoms with Crippen LogP contribution in [0.5, 0.6) is 0 Å². The molecule has 0 spiro atoms. The van der Waals surface area contributed by atoms with Gasteiger partial charge >= 0.3 is 0 Å². The SMILES string of the molecule is CCC=C(C)C1CNCCO1. The predicted molar refractivity (Wildman–Crippen MR) is 46.7 cm³/mol.